The molecule has 2 N–H and O–H groups in total. The molecule has 2 aromatic rings. The number of nitrogen functional groups attached to an aromatic ring is 1. The fraction of sp³-hybridized carbons (Fsp3) is 0.0714. The first kappa shape index (κ1) is 13.5. The lowest BCUT2D eigenvalue weighted by Crippen LogP contribution is -1.90. The van der Waals surface area contributed by atoms with Crippen molar-refractivity contribution in [2.45, 2.75) is 6.42 Å². The largest absolute Gasteiger partial charge is 0.454 e. The summed E-state index contributed by atoms with van der Waals surface area (Å²) in [7, 11) is 0. The molecule has 0 amide bonds. The number of nitrogens with zero attached hydrogens (tertiary/aromatic N) is 1. The maximum absolute atomic E-state index is 8.59. The molecule has 0 radical (unpaired) electrons. The highest BCUT2D eigenvalue weighted by Crippen LogP contribution is 2.38. The summed E-state index contributed by atoms with van der Waals surface area (Å²) in [6.07, 6.45) is 0.365. The Labute approximate surface area is 121 Å². The summed E-state index contributed by atoms with van der Waals surface area (Å²) in [4.78, 5) is 0. The average molecular weight is 293 g/mol. The monoisotopic (exact) mass is 292 g/mol. The van der Waals surface area contributed by atoms with Gasteiger partial charge < -0.3 is 10.5 Å². The van der Waals surface area contributed by atoms with Gasteiger partial charge in [-0.15, -0.1) is 0 Å². The van der Waals surface area contributed by atoms with Gasteiger partial charge in [0.1, 0.15) is 5.75 Å². The first-order valence-corrected chi connectivity index (χ1v) is 6.24. The zero-order valence-corrected chi connectivity index (χ0v) is 11.4. The highest BCUT2D eigenvalue weighted by molar-refractivity contribution is 6.37. The van der Waals surface area contributed by atoms with Crippen molar-refractivity contribution in [3.8, 4) is 17.6 Å². The van der Waals surface area contributed by atoms with Crippen LogP contribution in [0.5, 0.6) is 11.5 Å². The Kier molecular flexibility index (Phi) is 4.16. The predicted molar refractivity (Wildman–Crippen MR) is 76.7 cm³/mol. The Bertz CT molecular complexity index is 610. The molecule has 0 aliphatic rings. The second-order valence-corrected chi connectivity index (χ2v) is 4.71. The third kappa shape index (κ3) is 3.31. The lowest BCUT2D eigenvalue weighted by molar-refractivity contribution is 0.483. The highest BCUT2D eigenvalue weighted by atomic mass is 35.5. The van der Waals surface area contributed by atoms with E-state index in [2.05, 4.69) is 6.07 Å². The van der Waals surface area contributed by atoms with Crippen LogP contribution in [0, 0.1) is 11.3 Å². The average Bonchev–Trinajstić information content (AvgIpc) is 2.36. The number of nitrogens with two attached hydrogens (primary N) is 1. The summed E-state index contributed by atoms with van der Waals surface area (Å²) in [5, 5.41) is 9.30. The molecule has 0 unspecified atom stereocenters. The quantitative estimate of drug-likeness (QED) is 0.851. The SMILES string of the molecule is N#CCc1ccc(Oc2c(Cl)cc(N)cc2Cl)cc1. The highest BCUT2D eigenvalue weighted by Gasteiger charge is 2.10. The van der Waals surface area contributed by atoms with E-state index in [4.69, 9.17) is 38.9 Å². The molecule has 96 valence electrons. The normalized spacial score (nSPS) is 9.95. The van der Waals surface area contributed by atoms with Gasteiger partial charge in [0.2, 0.25) is 0 Å². The van der Waals surface area contributed by atoms with E-state index >= 15 is 0 Å². The summed E-state index contributed by atoms with van der Waals surface area (Å²) in [6.45, 7) is 0. The molecule has 3 nitrogen and oxygen atoms in total. The zero-order chi connectivity index (χ0) is 13.8. The summed E-state index contributed by atoms with van der Waals surface area (Å²) < 4.78 is 5.63. The van der Waals surface area contributed by atoms with Gasteiger partial charge >= 0.3 is 0 Å². The molecule has 5 heteroatoms. The van der Waals surface area contributed by atoms with Crippen LogP contribution in [0.2, 0.25) is 10.0 Å². The van der Waals surface area contributed by atoms with Crippen molar-refractivity contribution in [1.29, 1.82) is 5.26 Å². The van der Waals surface area contributed by atoms with E-state index in [1.807, 2.05) is 12.1 Å². The number of ether oxygens (including phenoxy) is 1. The molecule has 0 saturated carbocycles. The van der Waals surface area contributed by atoms with Gasteiger partial charge in [0.05, 0.1) is 22.5 Å². The van der Waals surface area contributed by atoms with E-state index in [-0.39, 0.29) is 0 Å². The molecule has 0 fully saturated rings. The minimum absolute atomic E-state index is 0.353. The van der Waals surface area contributed by atoms with Crippen LogP contribution in [0.1, 0.15) is 5.56 Å². The topological polar surface area (TPSA) is 59.0 Å². The summed E-state index contributed by atoms with van der Waals surface area (Å²) in [6, 6.07) is 12.4. The molecule has 0 aliphatic carbocycles. The number of anilines is 1. The smallest absolute Gasteiger partial charge is 0.164 e. The summed E-state index contributed by atoms with van der Waals surface area (Å²) in [5.74, 6) is 0.959. The van der Waals surface area contributed by atoms with Crippen molar-refractivity contribution in [2.75, 3.05) is 5.73 Å². The van der Waals surface area contributed by atoms with Crippen molar-refractivity contribution < 1.29 is 4.74 Å². The van der Waals surface area contributed by atoms with Gasteiger partial charge in [-0.3, -0.25) is 0 Å². The van der Waals surface area contributed by atoms with Crippen LogP contribution in [0.25, 0.3) is 0 Å². The Hall–Kier alpha value is -1.89. The van der Waals surface area contributed by atoms with E-state index < -0.39 is 0 Å². The maximum Gasteiger partial charge on any atom is 0.164 e. The first-order valence-electron chi connectivity index (χ1n) is 5.48. The minimum Gasteiger partial charge on any atom is -0.454 e. The molecule has 2 rings (SSSR count). The molecule has 0 saturated heterocycles. The minimum atomic E-state index is 0.353. The predicted octanol–water partition coefficient (Wildman–Crippen LogP) is 4.43. The Morgan fingerprint density at radius 1 is 1.11 bits per heavy atom. The number of rotatable bonds is 3. The molecule has 2 aromatic carbocycles. The van der Waals surface area contributed by atoms with E-state index in [0.717, 1.165) is 5.56 Å². The molecule has 0 heterocycles. The van der Waals surface area contributed by atoms with Crippen LogP contribution in [0.15, 0.2) is 36.4 Å². The van der Waals surface area contributed by atoms with Gasteiger partial charge in [0, 0.05) is 5.69 Å². The van der Waals surface area contributed by atoms with E-state index in [1.54, 1.807) is 24.3 Å². The Morgan fingerprint density at radius 3 is 2.21 bits per heavy atom. The molecule has 0 aliphatic heterocycles. The fourth-order valence-corrected chi connectivity index (χ4v) is 2.14. The molecule has 0 atom stereocenters. The number of benzene rings is 2. The Balaban J connectivity index is 2.24. The van der Waals surface area contributed by atoms with Gasteiger partial charge in [-0.2, -0.15) is 5.26 Å². The number of halogens is 2. The van der Waals surface area contributed by atoms with E-state index in [0.29, 0.717) is 33.7 Å². The number of hydrogen-bond donors (Lipinski definition) is 1. The van der Waals surface area contributed by atoms with E-state index in [1.165, 1.54) is 0 Å². The Morgan fingerprint density at radius 2 is 1.68 bits per heavy atom. The van der Waals surface area contributed by atoms with Crippen molar-refractivity contribution >= 4 is 28.9 Å². The molecule has 0 bridgehead atoms. The second kappa shape index (κ2) is 5.83. The second-order valence-electron chi connectivity index (χ2n) is 3.89. The van der Waals surface area contributed by atoms with Crippen LogP contribution < -0.4 is 10.5 Å². The van der Waals surface area contributed by atoms with Crippen LogP contribution >= 0.6 is 23.2 Å². The summed E-state index contributed by atoms with van der Waals surface area (Å²) >= 11 is 12.1. The van der Waals surface area contributed by atoms with Crippen molar-refractivity contribution in [3.05, 3.63) is 52.0 Å². The van der Waals surface area contributed by atoms with Crippen LogP contribution in [0.3, 0.4) is 0 Å². The third-order valence-corrected chi connectivity index (χ3v) is 3.01. The first-order chi connectivity index (χ1) is 9.10. The van der Waals surface area contributed by atoms with Crippen molar-refractivity contribution in [1.82, 2.24) is 0 Å². The standard InChI is InChI=1S/C14H10Cl2N2O/c15-12-7-10(18)8-13(16)14(12)19-11-3-1-9(2-4-11)5-6-17/h1-4,7-8H,5,18H2. The van der Waals surface area contributed by atoms with Gasteiger partial charge in [-0.25, -0.2) is 0 Å². The molecular formula is C14H10Cl2N2O. The third-order valence-electron chi connectivity index (χ3n) is 2.45. The van der Waals surface area contributed by atoms with Gasteiger partial charge in [-0.05, 0) is 29.8 Å². The van der Waals surface area contributed by atoms with Crippen molar-refractivity contribution in [3.63, 3.8) is 0 Å². The zero-order valence-electron chi connectivity index (χ0n) is 9.86. The summed E-state index contributed by atoms with van der Waals surface area (Å²) in [5.41, 5.74) is 7.02. The number of nitriles is 1. The van der Waals surface area contributed by atoms with Crippen LogP contribution in [-0.2, 0) is 6.42 Å². The van der Waals surface area contributed by atoms with Crippen LogP contribution in [0.4, 0.5) is 5.69 Å². The number of hydrogen-bond acceptors (Lipinski definition) is 3. The molecule has 0 aromatic heterocycles. The molecule has 19 heavy (non-hydrogen) atoms. The van der Waals surface area contributed by atoms with Gasteiger partial charge in [0.25, 0.3) is 0 Å². The van der Waals surface area contributed by atoms with Crippen LogP contribution in [-0.4, -0.2) is 0 Å². The lowest BCUT2D eigenvalue weighted by Gasteiger charge is -2.10. The molecular weight excluding hydrogens is 283 g/mol. The van der Waals surface area contributed by atoms with E-state index in [9.17, 15) is 0 Å². The van der Waals surface area contributed by atoms with Gasteiger partial charge in [-0.1, -0.05) is 35.3 Å². The lowest BCUT2D eigenvalue weighted by atomic mass is 10.2. The van der Waals surface area contributed by atoms with Gasteiger partial charge in [0.15, 0.2) is 5.75 Å². The fourth-order valence-electron chi connectivity index (χ4n) is 1.56. The molecule has 0 spiro atoms. The van der Waals surface area contributed by atoms with Crippen molar-refractivity contribution in [2.24, 2.45) is 0 Å². The maximum atomic E-state index is 8.59.